The third-order valence-electron chi connectivity index (χ3n) is 5.10. The summed E-state index contributed by atoms with van der Waals surface area (Å²) in [5.74, 6) is -0.608. The van der Waals surface area contributed by atoms with Crippen molar-refractivity contribution in [3.05, 3.63) is 0 Å². The van der Waals surface area contributed by atoms with Gasteiger partial charge in [0, 0.05) is 18.1 Å². The van der Waals surface area contributed by atoms with Gasteiger partial charge in [-0.25, -0.2) is 0 Å². The Hall–Kier alpha value is -1.10. The van der Waals surface area contributed by atoms with E-state index in [1.54, 1.807) is 0 Å². The van der Waals surface area contributed by atoms with Gasteiger partial charge in [-0.2, -0.15) is 0 Å². The summed E-state index contributed by atoms with van der Waals surface area (Å²) in [5, 5.41) is 9.25. The molecule has 2 aliphatic rings. The lowest BCUT2D eigenvalue weighted by molar-refractivity contribution is -0.143. The van der Waals surface area contributed by atoms with E-state index in [1.807, 2.05) is 23.8 Å². The van der Waals surface area contributed by atoms with Crippen molar-refractivity contribution in [2.75, 3.05) is 20.1 Å². The summed E-state index contributed by atoms with van der Waals surface area (Å²) in [4.78, 5) is 27.7. The first kappa shape index (κ1) is 16.3. The Kier molecular flexibility index (Phi) is 5.25. The molecule has 0 aromatic carbocycles. The topological polar surface area (TPSA) is 60.9 Å². The van der Waals surface area contributed by atoms with Gasteiger partial charge in [0.15, 0.2) is 0 Å². The molecular formula is C16H28N2O3. The lowest BCUT2D eigenvalue weighted by atomic mass is 9.78. The molecule has 2 aliphatic carbocycles. The second-order valence-corrected chi connectivity index (χ2v) is 6.62. The summed E-state index contributed by atoms with van der Waals surface area (Å²) in [6.45, 7) is 3.12. The van der Waals surface area contributed by atoms with Crippen LogP contribution in [0.15, 0.2) is 0 Å². The summed E-state index contributed by atoms with van der Waals surface area (Å²) in [5.41, 5.74) is -0.331. The first-order valence-electron chi connectivity index (χ1n) is 8.21. The van der Waals surface area contributed by atoms with Crippen molar-refractivity contribution in [1.29, 1.82) is 0 Å². The number of rotatable bonds is 7. The van der Waals surface area contributed by atoms with Crippen LogP contribution in [0.3, 0.4) is 0 Å². The minimum Gasteiger partial charge on any atom is -0.481 e. The minimum absolute atomic E-state index is 0.145. The van der Waals surface area contributed by atoms with E-state index in [2.05, 4.69) is 0 Å². The highest BCUT2D eigenvalue weighted by atomic mass is 16.4. The molecule has 0 spiro atoms. The molecule has 21 heavy (non-hydrogen) atoms. The molecule has 0 heterocycles. The number of hydrogen-bond acceptors (Lipinski definition) is 3. The number of carbonyl (C=O) groups is 2. The van der Waals surface area contributed by atoms with Crippen LogP contribution in [0.4, 0.5) is 0 Å². The normalized spacial score (nSPS) is 21.3. The zero-order valence-corrected chi connectivity index (χ0v) is 13.3. The maximum Gasteiger partial charge on any atom is 0.305 e. The maximum absolute atomic E-state index is 12.5. The van der Waals surface area contributed by atoms with Crippen LogP contribution in [0, 0.1) is 0 Å². The summed E-state index contributed by atoms with van der Waals surface area (Å²) in [7, 11) is 1.92. The SMILES string of the molecule is CCN(C(=O)CN(C)C1(CC(=O)O)CCCCC1)C1CC1. The van der Waals surface area contributed by atoms with Gasteiger partial charge in [-0.3, -0.25) is 14.5 Å². The van der Waals surface area contributed by atoms with Gasteiger partial charge in [0.25, 0.3) is 0 Å². The van der Waals surface area contributed by atoms with Gasteiger partial charge < -0.3 is 10.0 Å². The minimum atomic E-state index is -0.759. The number of hydrogen-bond donors (Lipinski definition) is 1. The number of carbonyl (C=O) groups excluding carboxylic acids is 1. The monoisotopic (exact) mass is 296 g/mol. The van der Waals surface area contributed by atoms with Gasteiger partial charge in [0.1, 0.15) is 0 Å². The molecule has 5 heteroatoms. The smallest absolute Gasteiger partial charge is 0.305 e. The highest BCUT2D eigenvalue weighted by Gasteiger charge is 2.40. The van der Waals surface area contributed by atoms with Crippen molar-refractivity contribution < 1.29 is 14.7 Å². The highest BCUT2D eigenvalue weighted by Crippen LogP contribution is 2.36. The Morgan fingerprint density at radius 2 is 1.81 bits per heavy atom. The molecule has 0 atom stereocenters. The van der Waals surface area contributed by atoms with Gasteiger partial charge in [0.05, 0.1) is 13.0 Å². The van der Waals surface area contributed by atoms with Crippen LogP contribution in [0.2, 0.25) is 0 Å². The molecule has 5 nitrogen and oxygen atoms in total. The average Bonchev–Trinajstić information content (AvgIpc) is 3.24. The number of aliphatic carboxylic acids is 1. The average molecular weight is 296 g/mol. The van der Waals surface area contributed by atoms with E-state index in [9.17, 15) is 14.7 Å². The van der Waals surface area contributed by atoms with Crippen molar-refractivity contribution in [3.63, 3.8) is 0 Å². The molecule has 2 saturated carbocycles. The van der Waals surface area contributed by atoms with Gasteiger partial charge in [-0.05, 0) is 39.7 Å². The highest BCUT2D eigenvalue weighted by molar-refractivity contribution is 5.79. The summed E-state index contributed by atoms with van der Waals surface area (Å²) >= 11 is 0. The number of carboxylic acid groups (broad SMARTS) is 1. The Morgan fingerprint density at radius 1 is 1.19 bits per heavy atom. The Bertz CT molecular complexity index is 387. The predicted molar refractivity (Wildman–Crippen MR) is 81.1 cm³/mol. The molecule has 120 valence electrons. The fourth-order valence-electron chi connectivity index (χ4n) is 3.67. The predicted octanol–water partition coefficient (Wildman–Crippen LogP) is 2.11. The van der Waals surface area contributed by atoms with Gasteiger partial charge in [0.2, 0.25) is 5.91 Å². The second kappa shape index (κ2) is 6.77. The molecule has 1 N–H and O–H groups in total. The Labute approximate surface area is 127 Å². The number of nitrogens with zero attached hydrogens (tertiary/aromatic N) is 2. The van der Waals surface area contributed by atoms with Crippen LogP contribution in [0.1, 0.15) is 58.3 Å². The molecule has 2 rings (SSSR count). The number of likely N-dealkylation sites (N-methyl/N-ethyl adjacent to an activating group) is 2. The van der Waals surface area contributed by atoms with E-state index in [0.29, 0.717) is 12.6 Å². The molecule has 0 aromatic heterocycles. The molecule has 0 aliphatic heterocycles. The van der Waals surface area contributed by atoms with Crippen LogP contribution in [-0.4, -0.2) is 58.5 Å². The standard InChI is InChI=1S/C16H28N2O3/c1-3-18(13-7-8-13)14(19)12-17(2)16(11-15(20)21)9-5-4-6-10-16/h13H,3-12H2,1-2H3,(H,20,21). The first-order chi connectivity index (χ1) is 9.98. The van der Waals surface area contributed by atoms with Crippen molar-refractivity contribution >= 4 is 11.9 Å². The zero-order valence-electron chi connectivity index (χ0n) is 13.3. The summed E-state index contributed by atoms with van der Waals surface area (Å²) < 4.78 is 0. The number of carboxylic acids is 1. The van der Waals surface area contributed by atoms with E-state index in [4.69, 9.17) is 0 Å². The van der Waals surface area contributed by atoms with Gasteiger partial charge >= 0.3 is 5.97 Å². The van der Waals surface area contributed by atoms with Crippen LogP contribution < -0.4 is 0 Å². The van der Waals surface area contributed by atoms with Gasteiger partial charge in [-0.1, -0.05) is 19.3 Å². The van der Waals surface area contributed by atoms with Gasteiger partial charge in [-0.15, -0.1) is 0 Å². The Morgan fingerprint density at radius 3 is 2.29 bits per heavy atom. The molecule has 0 unspecified atom stereocenters. The van der Waals surface area contributed by atoms with Crippen LogP contribution >= 0.6 is 0 Å². The lowest BCUT2D eigenvalue weighted by Crippen LogP contribution is -2.53. The van der Waals surface area contributed by atoms with E-state index in [-0.39, 0.29) is 17.9 Å². The largest absolute Gasteiger partial charge is 0.481 e. The molecule has 0 saturated heterocycles. The first-order valence-corrected chi connectivity index (χ1v) is 8.21. The number of amides is 1. The Balaban J connectivity index is 2.01. The second-order valence-electron chi connectivity index (χ2n) is 6.62. The molecule has 0 aromatic rings. The van der Waals surface area contributed by atoms with Crippen molar-refractivity contribution in [3.8, 4) is 0 Å². The third-order valence-corrected chi connectivity index (χ3v) is 5.10. The van der Waals surface area contributed by atoms with Crippen LogP contribution in [0.5, 0.6) is 0 Å². The van der Waals surface area contributed by atoms with Crippen LogP contribution in [0.25, 0.3) is 0 Å². The van der Waals surface area contributed by atoms with E-state index < -0.39 is 5.97 Å². The quantitative estimate of drug-likeness (QED) is 0.781. The summed E-state index contributed by atoms with van der Waals surface area (Å²) in [6.07, 6.45) is 7.45. The van der Waals surface area contributed by atoms with E-state index in [0.717, 1.165) is 45.1 Å². The molecular weight excluding hydrogens is 268 g/mol. The zero-order chi connectivity index (χ0) is 15.5. The lowest BCUT2D eigenvalue weighted by Gasteiger charge is -2.44. The van der Waals surface area contributed by atoms with Crippen LogP contribution in [-0.2, 0) is 9.59 Å². The van der Waals surface area contributed by atoms with Crippen molar-refractivity contribution in [1.82, 2.24) is 9.80 Å². The molecule has 1 amide bonds. The fraction of sp³-hybridized carbons (Fsp3) is 0.875. The molecule has 0 bridgehead atoms. The van der Waals surface area contributed by atoms with Crippen molar-refractivity contribution in [2.24, 2.45) is 0 Å². The molecule has 0 radical (unpaired) electrons. The van der Waals surface area contributed by atoms with E-state index in [1.165, 1.54) is 6.42 Å². The van der Waals surface area contributed by atoms with Crippen molar-refractivity contribution in [2.45, 2.75) is 69.9 Å². The third kappa shape index (κ3) is 3.96. The summed E-state index contributed by atoms with van der Waals surface area (Å²) in [6, 6.07) is 0.428. The maximum atomic E-state index is 12.5. The molecule has 2 fully saturated rings. The fourth-order valence-corrected chi connectivity index (χ4v) is 3.67. The van der Waals surface area contributed by atoms with E-state index >= 15 is 0 Å².